The lowest BCUT2D eigenvalue weighted by molar-refractivity contribution is -0.148. The van der Waals surface area contributed by atoms with Gasteiger partial charge >= 0.3 is 5.97 Å². The number of H-pyrrole nitrogens is 1. The molecule has 88 valence electrons. The molecule has 0 atom stereocenters. The monoisotopic (exact) mass is 455 g/mol. The first kappa shape index (κ1) is 12.8. The van der Waals surface area contributed by atoms with Gasteiger partial charge in [-0.2, -0.15) is 0 Å². The number of Topliss-reactive ketones (excluding diaryl/α,β-unsaturated/α-hetero) is 1. The summed E-state index contributed by atoms with van der Waals surface area (Å²) in [6.07, 6.45) is -0.0758. The van der Waals surface area contributed by atoms with Crippen molar-refractivity contribution in [1.29, 1.82) is 0 Å². The Labute approximate surface area is 124 Å². The molecule has 0 aliphatic heterocycles. The molecule has 0 aliphatic rings. The summed E-state index contributed by atoms with van der Waals surface area (Å²) in [5.41, 5.74) is 1.69. The second-order valence-electron chi connectivity index (χ2n) is 3.49. The van der Waals surface area contributed by atoms with Crippen LogP contribution in [0.5, 0.6) is 0 Å². The average molecular weight is 455 g/mol. The highest BCUT2D eigenvalue weighted by Gasteiger charge is 2.19. The largest absolute Gasteiger partial charge is 0.475 e. The first-order valence-corrected chi connectivity index (χ1v) is 6.87. The Bertz CT molecular complexity index is 618. The summed E-state index contributed by atoms with van der Waals surface area (Å²) in [6.45, 7) is 0. The molecule has 0 bridgehead atoms. The van der Waals surface area contributed by atoms with Crippen LogP contribution in [0, 0.1) is 7.27 Å². The Balaban J connectivity index is 2.57. The highest BCUT2D eigenvalue weighted by molar-refractivity contribution is 14.1. The highest BCUT2D eigenvalue weighted by Crippen LogP contribution is 2.28. The van der Waals surface area contributed by atoms with E-state index in [9.17, 15) is 9.59 Å². The first-order valence-electron chi connectivity index (χ1n) is 4.71. The minimum Gasteiger partial charge on any atom is -0.475 e. The van der Waals surface area contributed by atoms with Crippen molar-refractivity contribution in [2.75, 3.05) is 0 Å². The number of halogens is 2. The first-order chi connectivity index (χ1) is 8.00. The molecule has 0 saturated heterocycles. The number of benzene rings is 1. The van der Waals surface area contributed by atoms with Gasteiger partial charge in [-0.05, 0) is 57.3 Å². The van der Waals surface area contributed by atoms with E-state index in [0.29, 0.717) is 0 Å². The SMILES string of the molecule is O=C(O)C(=O)Cc1c(I)[nH]c2cccc(I)c12. The number of hydrogen-bond acceptors (Lipinski definition) is 2. The Kier molecular flexibility index (Phi) is 3.71. The fourth-order valence-corrected chi connectivity index (χ4v) is 3.22. The van der Waals surface area contributed by atoms with Crippen LogP contribution in [0.3, 0.4) is 0 Å². The Hall–Kier alpha value is -0.640. The van der Waals surface area contributed by atoms with Crippen LogP contribution in [0.4, 0.5) is 0 Å². The number of aromatic amines is 1. The zero-order valence-corrected chi connectivity index (χ0v) is 12.8. The number of nitrogens with one attached hydrogen (secondary N) is 1. The van der Waals surface area contributed by atoms with Crippen molar-refractivity contribution in [3.8, 4) is 0 Å². The number of aliphatic carboxylic acids is 1. The fraction of sp³-hybridized carbons (Fsp3) is 0.0909. The van der Waals surface area contributed by atoms with Gasteiger partial charge in [-0.1, -0.05) is 6.07 Å². The van der Waals surface area contributed by atoms with Crippen molar-refractivity contribution in [1.82, 2.24) is 4.98 Å². The number of carboxylic acid groups (broad SMARTS) is 1. The van der Waals surface area contributed by atoms with E-state index in [2.05, 4.69) is 50.2 Å². The summed E-state index contributed by atoms with van der Waals surface area (Å²) < 4.78 is 1.82. The van der Waals surface area contributed by atoms with Gasteiger partial charge < -0.3 is 10.1 Å². The minimum atomic E-state index is -1.39. The maximum atomic E-state index is 11.3. The maximum absolute atomic E-state index is 11.3. The summed E-state index contributed by atoms with van der Waals surface area (Å²) in [4.78, 5) is 25.0. The predicted molar refractivity (Wildman–Crippen MR) is 80.1 cm³/mol. The normalized spacial score (nSPS) is 10.7. The molecule has 0 aliphatic carbocycles. The number of rotatable bonds is 3. The van der Waals surface area contributed by atoms with E-state index in [1.165, 1.54) is 0 Å². The number of carboxylic acids is 1. The summed E-state index contributed by atoms with van der Waals surface area (Å²) in [5.74, 6) is -2.18. The van der Waals surface area contributed by atoms with E-state index >= 15 is 0 Å². The van der Waals surface area contributed by atoms with Crippen LogP contribution in [0.1, 0.15) is 5.56 Å². The summed E-state index contributed by atoms with van der Waals surface area (Å²) in [5, 5.41) is 9.59. The Morgan fingerprint density at radius 1 is 1.29 bits per heavy atom. The highest BCUT2D eigenvalue weighted by atomic mass is 127. The molecule has 0 unspecified atom stereocenters. The Morgan fingerprint density at radius 3 is 2.65 bits per heavy atom. The molecular weight excluding hydrogens is 448 g/mol. The number of carbonyl (C=O) groups is 2. The second kappa shape index (κ2) is 4.92. The van der Waals surface area contributed by atoms with Crippen molar-refractivity contribution in [3.05, 3.63) is 31.0 Å². The molecule has 2 N–H and O–H groups in total. The van der Waals surface area contributed by atoms with Crippen LogP contribution < -0.4 is 0 Å². The van der Waals surface area contributed by atoms with Gasteiger partial charge in [-0.3, -0.25) is 4.79 Å². The van der Waals surface area contributed by atoms with Gasteiger partial charge in [0.15, 0.2) is 0 Å². The third-order valence-corrected chi connectivity index (χ3v) is 4.22. The van der Waals surface area contributed by atoms with Crippen LogP contribution >= 0.6 is 45.2 Å². The topological polar surface area (TPSA) is 70.2 Å². The molecule has 0 amide bonds. The molecule has 4 nitrogen and oxygen atoms in total. The smallest absolute Gasteiger partial charge is 0.372 e. The van der Waals surface area contributed by atoms with E-state index in [1.54, 1.807) is 0 Å². The lowest BCUT2D eigenvalue weighted by Gasteiger charge is -1.99. The predicted octanol–water partition coefficient (Wildman–Crippen LogP) is 2.57. The molecule has 0 spiro atoms. The van der Waals surface area contributed by atoms with Gasteiger partial charge in [0, 0.05) is 26.5 Å². The van der Waals surface area contributed by atoms with Crippen LogP contribution in [0.25, 0.3) is 10.9 Å². The van der Waals surface area contributed by atoms with Gasteiger partial charge in [0.1, 0.15) is 0 Å². The van der Waals surface area contributed by atoms with E-state index < -0.39 is 11.8 Å². The van der Waals surface area contributed by atoms with Gasteiger partial charge in [0.25, 0.3) is 0 Å². The summed E-state index contributed by atoms with van der Waals surface area (Å²) in [7, 11) is 0. The summed E-state index contributed by atoms with van der Waals surface area (Å²) >= 11 is 4.26. The minimum absolute atomic E-state index is 0.0758. The van der Waals surface area contributed by atoms with Crippen molar-refractivity contribution in [3.63, 3.8) is 0 Å². The van der Waals surface area contributed by atoms with Crippen LogP contribution in [-0.4, -0.2) is 21.8 Å². The third-order valence-electron chi connectivity index (χ3n) is 2.40. The molecule has 2 rings (SSSR count). The number of hydrogen-bond donors (Lipinski definition) is 2. The van der Waals surface area contributed by atoms with Gasteiger partial charge in [-0.15, -0.1) is 0 Å². The van der Waals surface area contributed by atoms with Gasteiger partial charge in [-0.25, -0.2) is 4.79 Å². The fourth-order valence-electron chi connectivity index (χ4n) is 1.64. The van der Waals surface area contributed by atoms with Gasteiger partial charge in [0.05, 0.1) is 3.70 Å². The van der Waals surface area contributed by atoms with Gasteiger partial charge in [0.2, 0.25) is 5.78 Å². The lowest BCUT2D eigenvalue weighted by atomic mass is 10.1. The molecule has 0 saturated carbocycles. The zero-order valence-electron chi connectivity index (χ0n) is 8.46. The van der Waals surface area contributed by atoms with Crippen molar-refractivity contribution >= 4 is 67.8 Å². The second-order valence-corrected chi connectivity index (χ2v) is 5.73. The molecule has 1 aromatic heterocycles. The number of ketones is 1. The molecule has 0 fully saturated rings. The van der Waals surface area contributed by atoms with Crippen LogP contribution in [0.15, 0.2) is 18.2 Å². The van der Waals surface area contributed by atoms with E-state index in [0.717, 1.165) is 23.7 Å². The van der Waals surface area contributed by atoms with Crippen LogP contribution in [-0.2, 0) is 16.0 Å². The van der Waals surface area contributed by atoms with Crippen molar-refractivity contribution < 1.29 is 14.7 Å². The Morgan fingerprint density at radius 2 is 2.00 bits per heavy atom. The average Bonchev–Trinajstić information content (AvgIpc) is 2.56. The zero-order chi connectivity index (χ0) is 12.6. The quantitative estimate of drug-likeness (QED) is 0.553. The third kappa shape index (κ3) is 2.46. The van der Waals surface area contributed by atoms with Crippen LogP contribution in [0.2, 0.25) is 0 Å². The van der Waals surface area contributed by atoms with E-state index in [4.69, 9.17) is 5.11 Å². The van der Waals surface area contributed by atoms with Crippen molar-refractivity contribution in [2.45, 2.75) is 6.42 Å². The number of aromatic nitrogens is 1. The molecule has 6 heteroatoms. The van der Waals surface area contributed by atoms with E-state index in [1.807, 2.05) is 18.2 Å². The molecule has 1 heterocycles. The number of carbonyl (C=O) groups excluding carboxylic acids is 1. The number of fused-ring (bicyclic) bond motifs is 1. The van der Waals surface area contributed by atoms with Crippen molar-refractivity contribution in [2.24, 2.45) is 0 Å². The molecule has 2 aromatic rings. The molecule has 17 heavy (non-hydrogen) atoms. The van der Waals surface area contributed by atoms with E-state index in [-0.39, 0.29) is 6.42 Å². The molecule has 0 radical (unpaired) electrons. The maximum Gasteiger partial charge on any atom is 0.372 e. The lowest BCUT2D eigenvalue weighted by Crippen LogP contribution is -2.15. The summed E-state index contributed by atoms with van der Waals surface area (Å²) in [6, 6.07) is 5.76. The molecular formula is C11H7I2NO3. The molecule has 1 aromatic carbocycles. The standard InChI is InChI=1S/C11H7I2NO3/c12-6-2-1-3-7-9(6)5(10(13)14-7)4-8(15)11(16)17/h1-3,14H,4H2,(H,16,17).